The number of pyridine rings is 1. The second-order valence-electron chi connectivity index (χ2n) is 8.59. The zero-order valence-electron chi connectivity index (χ0n) is 19.1. The molecule has 3 N–H and O–H groups in total. The zero-order valence-corrected chi connectivity index (χ0v) is 19.1. The van der Waals surface area contributed by atoms with Crippen molar-refractivity contribution < 1.29 is 14.3 Å². The highest BCUT2D eigenvalue weighted by atomic mass is 16.5. The van der Waals surface area contributed by atoms with Crippen LogP contribution in [0.4, 0.5) is 0 Å². The number of rotatable bonds is 10. The van der Waals surface area contributed by atoms with E-state index in [-0.39, 0.29) is 17.9 Å². The number of hydrogen-bond acceptors (Lipinski definition) is 4. The van der Waals surface area contributed by atoms with Crippen molar-refractivity contribution in [3.8, 4) is 5.88 Å². The molecule has 0 saturated carbocycles. The number of benzene rings is 1. The van der Waals surface area contributed by atoms with E-state index in [0.717, 1.165) is 28.5 Å². The van der Waals surface area contributed by atoms with Crippen LogP contribution in [0.15, 0.2) is 48.8 Å². The summed E-state index contributed by atoms with van der Waals surface area (Å²) in [5.74, 6) is 0.596. The van der Waals surface area contributed by atoms with Crippen LogP contribution in [0.25, 0.3) is 10.9 Å². The molecular weight excluding hydrogens is 404 g/mol. The Morgan fingerprint density at radius 2 is 1.94 bits per heavy atom. The second-order valence-corrected chi connectivity index (χ2v) is 8.59. The van der Waals surface area contributed by atoms with Gasteiger partial charge in [-0.05, 0) is 42.5 Å². The number of fused-ring (bicyclic) bond motifs is 1. The van der Waals surface area contributed by atoms with E-state index in [1.54, 1.807) is 6.20 Å². The van der Waals surface area contributed by atoms with Crippen molar-refractivity contribution in [2.24, 2.45) is 5.92 Å². The summed E-state index contributed by atoms with van der Waals surface area (Å²) in [4.78, 5) is 32.1. The first-order valence-corrected chi connectivity index (χ1v) is 11.0. The Kier molecular flexibility index (Phi) is 7.87. The monoisotopic (exact) mass is 436 g/mol. The smallest absolute Gasteiger partial charge is 0.243 e. The van der Waals surface area contributed by atoms with Crippen LogP contribution in [-0.2, 0) is 22.6 Å². The van der Waals surface area contributed by atoms with Crippen LogP contribution in [0.2, 0.25) is 0 Å². The van der Waals surface area contributed by atoms with Gasteiger partial charge in [0.2, 0.25) is 17.7 Å². The van der Waals surface area contributed by atoms with Crippen molar-refractivity contribution in [1.29, 1.82) is 0 Å². The van der Waals surface area contributed by atoms with Gasteiger partial charge in [-0.25, -0.2) is 4.98 Å². The lowest BCUT2D eigenvalue weighted by atomic mass is 10.0. The Morgan fingerprint density at radius 3 is 2.69 bits per heavy atom. The summed E-state index contributed by atoms with van der Waals surface area (Å²) in [6.45, 7) is 8.07. The normalized spacial score (nSPS) is 13.0. The highest BCUT2D eigenvalue weighted by Crippen LogP contribution is 2.19. The average Bonchev–Trinajstić information content (AvgIpc) is 3.14. The number of carbonyl (C=O) groups excluding carboxylic acids is 2. The molecule has 7 heteroatoms. The molecule has 0 aliphatic heterocycles. The number of para-hydroxylation sites is 1. The van der Waals surface area contributed by atoms with E-state index in [2.05, 4.69) is 34.4 Å². The minimum Gasteiger partial charge on any atom is -0.475 e. The largest absolute Gasteiger partial charge is 0.475 e. The standard InChI is InChI=1S/C25H32N4O3/c1-16(2)11-17(3)32-24-12-19(9-10-26-24)14-28-25(31)23(29-18(4)30)13-20-15-27-22-8-6-5-7-21(20)22/h5-10,12,15-17,23,27H,11,13-14H2,1-4H3,(H,28,31)(H,29,30). The maximum Gasteiger partial charge on any atom is 0.243 e. The number of H-pyrrole nitrogens is 1. The third kappa shape index (κ3) is 6.57. The minimum atomic E-state index is -0.671. The molecule has 32 heavy (non-hydrogen) atoms. The van der Waals surface area contributed by atoms with Gasteiger partial charge in [0.1, 0.15) is 6.04 Å². The first-order chi connectivity index (χ1) is 15.3. The zero-order chi connectivity index (χ0) is 23.1. The van der Waals surface area contributed by atoms with Crippen LogP contribution >= 0.6 is 0 Å². The Morgan fingerprint density at radius 1 is 1.16 bits per heavy atom. The van der Waals surface area contributed by atoms with Crippen LogP contribution in [0, 0.1) is 5.92 Å². The molecule has 0 saturated heterocycles. The summed E-state index contributed by atoms with van der Waals surface area (Å²) in [6.07, 6.45) is 4.96. The number of nitrogens with zero attached hydrogens (tertiary/aromatic N) is 1. The second kappa shape index (κ2) is 10.8. The molecule has 2 atom stereocenters. The summed E-state index contributed by atoms with van der Waals surface area (Å²) in [6, 6.07) is 10.9. The number of carbonyl (C=O) groups is 2. The highest BCUT2D eigenvalue weighted by molar-refractivity contribution is 5.89. The molecule has 0 aliphatic rings. The fraction of sp³-hybridized carbons (Fsp3) is 0.400. The van der Waals surface area contributed by atoms with Crippen molar-refractivity contribution in [3.05, 3.63) is 59.9 Å². The summed E-state index contributed by atoms with van der Waals surface area (Å²) in [7, 11) is 0. The van der Waals surface area contributed by atoms with E-state index in [9.17, 15) is 9.59 Å². The number of amides is 2. The first-order valence-electron chi connectivity index (χ1n) is 11.0. The molecule has 0 aliphatic carbocycles. The number of nitrogens with one attached hydrogen (secondary N) is 3. The number of hydrogen-bond donors (Lipinski definition) is 3. The Bertz CT molecular complexity index is 1060. The van der Waals surface area contributed by atoms with Crippen LogP contribution < -0.4 is 15.4 Å². The average molecular weight is 437 g/mol. The molecule has 0 bridgehead atoms. The predicted molar refractivity (Wildman–Crippen MR) is 125 cm³/mol. The lowest BCUT2D eigenvalue weighted by Crippen LogP contribution is -2.47. The number of ether oxygens (including phenoxy) is 1. The molecule has 3 rings (SSSR count). The van der Waals surface area contributed by atoms with E-state index in [0.29, 0.717) is 24.8 Å². The van der Waals surface area contributed by atoms with Gasteiger partial charge in [0, 0.05) is 49.3 Å². The van der Waals surface area contributed by atoms with E-state index in [1.807, 2.05) is 49.5 Å². The molecule has 3 aromatic rings. The van der Waals surface area contributed by atoms with Crippen molar-refractivity contribution >= 4 is 22.7 Å². The third-order valence-corrected chi connectivity index (χ3v) is 5.18. The van der Waals surface area contributed by atoms with Gasteiger partial charge in [-0.2, -0.15) is 0 Å². The maximum absolute atomic E-state index is 12.9. The summed E-state index contributed by atoms with van der Waals surface area (Å²) in [5.41, 5.74) is 2.86. The van der Waals surface area contributed by atoms with Gasteiger partial charge in [0.25, 0.3) is 0 Å². The topological polar surface area (TPSA) is 96.1 Å². The van der Waals surface area contributed by atoms with E-state index in [1.165, 1.54) is 6.92 Å². The van der Waals surface area contributed by atoms with Crippen LogP contribution in [0.3, 0.4) is 0 Å². The quantitative estimate of drug-likeness (QED) is 0.451. The lowest BCUT2D eigenvalue weighted by Gasteiger charge is -2.18. The molecular formula is C25H32N4O3. The summed E-state index contributed by atoms with van der Waals surface area (Å²) >= 11 is 0. The van der Waals surface area contributed by atoms with Crippen LogP contribution in [0.1, 0.15) is 45.2 Å². The highest BCUT2D eigenvalue weighted by Gasteiger charge is 2.21. The third-order valence-electron chi connectivity index (χ3n) is 5.18. The summed E-state index contributed by atoms with van der Waals surface area (Å²) in [5, 5.41) is 6.75. The SMILES string of the molecule is CC(=O)NC(Cc1c[nH]c2ccccc12)C(=O)NCc1ccnc(OC(C)CC(C)C)c1. The molecule has 0 fully saturated rings. The molecule has 0 radical (unpaired) electrons. The minimum absolute atomic E-state index is 0.0626. The fourth-order valence-electron chi connectivity index (χ4n) is 3.83. The van der Waals surface area contributed by atoms with E-state index < -0.39 is 6.04 Å². The Hall–Kier alpha value is -3.35. The molecule has 2 unspecified atom stereocenters. The molecule has 170 valence electrons. The van der Waals surface area contributed by atoms with Gasteiger partial charge in [-0.1, -0.05) is 32.0 Å². The van der Waals surface area contributed by atoms with Crippen LogP contribution in [0.5, 0.6) is 5.88 Å². The fourth-order valence-corrected chi connectivity index (χ4v) is 3.83. The maximum atomic E-state index is 12.9. The van der Waals surface area contributed by atoms with Crippen molar-refractivity contribution in [3.63, 3.8) is 0 Å². The van der Waals surface area contributed by atoms with Crippen molar-refractivity contribution in [2.45, 2.75) is 59.2 Å². The predicted octanol–water partition coefficient (Wildman–Crippen LogP) is 3.74. The van der Waals surface area contributed by atoms with Gasteiger partial charge in [0.15, 0.2) is 0 Å². The van der Waals surface area contributed by atoms with Gasteiger partial charge < -0.3 is 20.4 Å². The van der Waals surface area contributed by atoms with Gasteiger partial charge in [-0.3, -0.25) is 9.59 Å². The van der Waals surface area contributed by atoms with Crippen molar-refractivity contribution in [1.82, 2.24) is 20.6 Å². The van der Waals surface area contributed by atoms with Crippen molar-refractivity contribution in [2.75, 3.05) is 0 Å². The first kappa shape index (κ1) is 23.3. The molecule has 0 spiro atoms. The summed E-state index contributed by atoms with van der Waals surface area (Å²) < 4.78 is 5.90. The molecule has 2 heterocycles. The van der Waals surface area contributed by atoms with Gasteiger partial charge in [0.05, 0.1) is 6.10 Å². The van der Waals surface area contributed by atoms with E-state index in [4.69, 9.17) is 4.74 Å². The Balaban J connectivity index is 1.64. The van der Waals surface area contributed by atoms with E-state index >= 15 is 0 Å². The molecule has 1 aromatic carbocycles. The molecule has 2 amide bonds. The number of aromatic nitrogens is 2. The van der Waals surface area contributed by atoms with Gasteiger partial charge >= 0.3 is 0 Å². The van der Waals surface area contributed by atoms with Crippen LogP contribution in [-0.4, -0.2) is 33.9 Å². The molecule has 7 nitrogen and oxygen atoms in total. The molecule has 2 aromatic heterocycles. The lowest BCUT2D eigenvalue weighted by molar-refractivity contribution is -0.128. The Labute approximate surface area is 189 Å². The number of aromatic amines is 1. The van der Waals surface area contributed by atoms with Gasteiger partial charge in [-0.15, -0.1) is 0 Å².